The van der Waals surface area contributed by atoms with Crippen molar-refractivity contribution in [2.24, 2.45) is 0 Å². The number of rotatable bonds is 13. The Morgan fingerprint density at radius 2 is 0.833 bits per heavy atom. The lowest BCUT2D eigenvalue weighted by Gasteiger charge is -2.29. The second-order valence-electron chi connectivity index (χ2n) is 8.76. The molecule has 0 saturated carbocycles. The lowest BCUT2D eigenvalue weighted by atomic mass is 10.1. The molecule has 0 aromatic heterocycles. The molecule has 3 rings (SSSR count). The molecule has 0 spiro atoms. The average Bonchev–Trinajstić information content (AvgIpc) is 2.78. The van der Waals surface area contributed by atoms with E-state index < -0.39 is 7.26 Å². The van der Waals surface area contributed by atoms with Crippen molar-refractivity contribution in [2.45, 2.75) is 63.9 Å². The van der Waals surface area contributed by atoms with Gasteiger partial charge >= 0.3 is 0 Å². The summed E-state index contributed by atoms with van der Waals surface area (Å²) in [6, 6.07) is 33.7. The van der Waals surface area contributed by atoms with E-state index in [0.717, 1.165) is 0 Å². The van der Waals surface area contributed by atoms with Crippen LogP contribution in [0.1, 0.15) is 62.1 Å². The molecule has 0 N–H and O–H groups in total. The van der Waals surface area contributed by atoms with Crippen LogP contribution in [0.15, 0.2) is 91.0 Å². The van der Waals surface area contributed by atoms with Gasteiger partial charge in [0.15, 0.2) is 0 Å². The van der Waals surface area contributed by atoms with Gasteiger partial charge in [-0.05, 0) is 29.5 Å². The van der Waals surface area contributed by atoms with Gasteiger partial charge in [-0.3, -0.25) is 0 Å². The maximum Gasteiger partial charge on any atom is 0.0849 e. The Balaban J connectivity index is 1.82. The van der Waals surface area contributed by atoms with E-state index in [-0.39, 0.29) is 0 Å². The van der Waals surface area contributed by atoms with Gasteiger partial charge in [-0.2, -0.15) is 0 Å². The van der Waals surface area contributed by atoms with Gasteiger partial charge in [-0.15, -0.1) is 0 Å². The summed E-state index contributed by atoms with van der Waals surface area (Å²) < 4.78 is 0. The third-order valence-corrected chi connectivity index (χ3v) is 10.4. The van der Waals surface area contributed by atoms with Crippen LogP contribution in [-0.2, 0) is 18.5 Å². The van der Waals surface area contributed by atoms with Crippen molar-refractivity contribution >= 4 is 7.26 Å². The van der Waals surface area contributed by atoms with Gasteiger partial charge in [-0.1, -0.05) is 124 Å². The number of hydrogen-bond acceptors (Lipinski definition) is 0. The Kier molecular flexibility index (Phi) is 9.65. The quantitative estimate of drug-likeness (QED) is 0.192. The Bertz CT molecular complexity index is 709. The van der Waals surface area contributed by atoms with Crippen LogP contribution in [0.4, 0.5) is 0 Å². The van der Waals surface area contributed by atoms with Gasteiger partial charge in [-0.25, -0.2) is 0 Å². The minimum atomic E-state index is -1.22. The zero-order valence-electron chi connectivity index (χ0n) is 18.7. The summed E-state index contributed by atoms with van der Waals surface area (Å²) >= 11 is 0. The molecule has 0 radical (unpaired) electrons. The summed E-state index contributed by atoms with van der Waals surface area (Å²) in [6.07, 6.45) is 13.5. The molecule has 0 atom stereocenters. The maximum absolute atomic E-state index is 2.34. The smallest absolute Gasteiger partial charge is 0.0654 e. The Hall–Kier alpha value is -1.91. The van der Waals surface area contributed by atoms with E-state index in [2.05, 4.69) is 97.9 Å². The Labute approximate surface area is 185 Å². The largest absolute Gasteiger partial charge is 0.0849 e. The zero-order chi connectivity index (χ0) is 20.9. The highest BCUT2D eigenvalue weighted by Gasteiger charge is 2.37. The van der Waals surface area contributed by atoms with E-state index in [1.54, 1.807) is 0 Å². The van der Waals surface area contributed by atoms with E-state index in [4.69, 9.17) is 0 Å². The molecule has 0 amide bonds. The molecule has 0 nitrogen and oxygen atoms in total. The molecular formula is C29H38P+. The van der Waals surface area contributed by atoms with Gasteiger partial charge in [0.25, 0.3) is 0 Å². The number of hydrogen-bond donors (Lipinski definition) is 0. The van der Waals surface area contributed by atoms with E-state index in [1.165, 1.54) is 79.9 Å². The van der Waals surface area contributed by atoms with Crippen molar-refractivity contribution in [3.05, 3.63) is 108 Å². The van der Waals surface area contributed by atoms with E-state index >= 15 is 0 Å². The molecule has 30 heavy (non-hydrogen) atoms. The van der Waals surface area contributed by atoms with Crippen molar-refractivity contribution in [3.63, 3.8) is 0 Å². The van der Waals surface area contributed by atoms with Gasteiger partial charge in [0, 0.05) is 7.26 Å². The van der Waals surface area contributed by atoms with Gasteiger partial charge < -0.3 is 0 Å². The highest BCUT2D eigenvalue weighted by Crippen LogP contribution is 2.67. The molecule has 3 aromatic carbocycles. The molecule has 0 saturated heterocycles. The highest BCUT2D eigenvalue weighted by molar-refractivity contribution is 7.73. The standard InChI is InChI=1S/C29H38P/c1-2-3-4-5-6-16-23-30(24-27-17-10-7-11-18-27,25-28-19-12-8-13-20-28)26-29-21-14-9-15-22-29/h7-15,17-22H,2-6,16,23-26H2,1H3/q+1. The summed E-state index contributed by atoms with van der Waals surface area (Å²) in [6.45, 7) is 2.30. The van der Waals surface area contributed by atoms with Crippen LogP contribution >= 0.6 is 7.26 Å². The van der Waals surface area contributed by atoms with Crippen LogP contribution < -0.4 is 0 Å². The minimum Gasteiger partial charge on any atom is -0.0654 e. The molecule has 1 heteroatoms. The molecule has 0 aliphatic carbocycles. The molecule has 0 aliphatic rings. The van der Waals surface area contributed by atoms with Crippen LogP contribution in [-0.4, -0.2) is 6.16 Å². The fourth-order valence-corrected chi connectivity index (χ4v) is 9.20. The molecule has 0 aliphatic heterocycles. The second kappa shape index (κ2) is 12.7. The Morgan fingerprint density at radius 3 is 1.23 bits per heavy atom. The molecule has 0 fully saturated rings. The fraction of sp³-hybridized carbons (Fsp3) is 0.379. The number of benzene rings is 3. The Morgan fingerprint density at radius 1 is 0.467 bits per heavy atom. The first kappa shape index (κ1) is 22.8. The SMILES string of the molecule is CCCCCCCC[P+](Cc1ccccc1)(Cc1ccccc1)Cc1ccccc1. The van der Waals surface area contributed by atoms with Crippen molar-refractivity contribution in [1.29, 1.82) is 0 Å². The van der Waals surface area contributed by atoms with Gasteiger partial charge in [0.2, 0.25) is 0 Å². The van der Waals surface area contributed by atoms with Gasteiger partial charge in [0.1, 0.15) is 0 Å². The fourth-order valence-electron chi connectivity index (χ4n) is 4.54. The first-order valence-electron chi connectivity index (χ1n) is 11.8. The molecule has 158 valence electrons. The van der Waals surface area contributed by atoms with E-state index in [1.807, 2.05) is 0 Å². The summed E-state index contributed by atoms with van der Waals surface area (Å²) in [5.74, 6) is 0. The normalized spacial score (nSPS) is 11.5. The third kappa shape index (κ3) is 7.73. The first-order chi connectivity index (χ1) is 14.8. The number of unbranched alkanes of at least 4 members (excludes halogenated alkanes) is 5. The lowest BCUT2D eigenvalue weighted by molar-refractivity contribution is 0.625. The predicted molar refractivity (Wildman–Crippen MR) is 136 cm³/mol. The van der Waals surface area contributed by atoms with Crippen molar-refractivity contribution < 1.29 is 0 Å². The third-order valence-electron chi connectivity index (χ3n) is 6.07. The van der Waals surface area contributed by atoms with Gasteiger partial charge in [0.05, 0.1) is 24.6 Å². The molecule has 0 unspecified atom stereocenters. The zero-order valence-corrected chi connectivity index (χ0v) is 19.6. The summed E-state index contributed by atoms with van der Waals surface area (Å²) in [4.78, 5) is 0. The van der Waals surface area contributed by atoms with Crippen LogP contribution in [0.5, 0.6) is 0 Å². The molecular weight excluding hydrogens is 379 g/mol. The van der Waals surface area contributed by atoms with Crippen molar-refractivity contribution in [3.8, 4) is 0 Å². The predicted octanol–water partition coefficient (Wildman–Crippen LogP) is 8.97. The van der Waals surface area contributed by atoms with Crippen LogP contribution in [0.3, 0.4) is 0 Å². The van der Waals surface area contributed by atoms with Crippen LogP contribution in [0, 0.1) is 0 Å². The molecule has 3 aromatic rings. The second-order valence-corrected chi connectivity index (χ2v) is 12.8. The van der Waals surface area contributed by atoms with E-state index in [9.17, 15) is 0 Å². The molecule has 0 heterocycles. The van der Waals surface area contributed by atoms with Crippen molar-refractivity contribution in [1.82, 2.24) is 0 Å². The summed E-state index contributed by atoms with van der Waals surface area (Å²) in [5, 5.41) is 0. The topological polar surface area (TPSA) is 0 Å². The monoisotopic (exact) mass is 417 g/mol. The summed E-state index contributed by atoms with van der Waals surface area (Å²) in [5.41, 5.74) is 4.55. The van der Waals surface area contributed by atoms with Crippen LogP contribution in [0.2, 0.25) is 0 Å². The first-order valence-corrected chi connectivity index (χ1v) is 14.3. The maximum atomic E-state index is 2.34. The average molecular weight is 418 g/mol. The van der Waals surface area contributed by atoms with E-state index in [0.29, 0.717) is 0 Å². The summed E-state index contributed by atoms with van der Waals surface area (Å²) in [7, 11) is -1.22. The molecule has 0 bridgehead atoms. The lowest BCUT2D eigenvalue weighted by Crippen LogP contribution is -2.09. The van der Waals surface area contributed by atoms with Crippen molar-refractivity contribution in [2.75, 3.05) is 6.16 Å². The highest BCUT2D eigenvalue weighted by atomic mass is 31.2. The minimum absolute atomic E-state index is 1.22. The van der Waals surface area contributed by atoms with Crippen LogP contribution in [0.25, 0.3) is 0 Å².